The molecule has 0 aliphatic heterocycles. The second kappa shape index (κ2) is 28.0. The fraction of sp³-hybridized carbons (Fsp3) is 1.00. The lowest BCUT2D eigenvalue weighted by molar-refractivity contribution is 0.516. The van der Waals surface area contributed by atoms with Gasteiger partial charge in [-0.3, -0.25) is 0 Å². The monoisotopic (exact) mass is 560 g/mol. The molecule has 0 aromatic heterocycles. The van der Waals surface area contributed by atoms with E-state index in [9.17, 15) is 0 Å². The van der Waals surface area contributed by atoms with E-state index in [2.05, 4.69) is 0 Å². The quantitative estimate of drug-likeness (QED) is 0.0385. The molecule has 5 heteroatoms. The highest BCUT2D eigenvalue weighted by molar-refractivity contribution is 7.64. The summed E-state index contributed by atoms with van der Waals surface area (Å²) in [4.78, 5) is 0. The van der Waals surface area contributed by atoms with Gasteiger partial charge in [-0.15, -0.1) is 44.8 Å². The minimum Gasteiger partial charge on any atom is -0.127 e. The van der Waals surface area contributed by atoms with Crippen LogP contribution in [0.25, 0.3) is 0 Å². The van der Waals surface area contributed by atoms with Crippen LogP contribution in [0.1, 0.15) is 167 Å². The zero-order chi connectivity index (χ0) is 24.3. The van der Waals surface area contributed by atoms with E-state index in [0.29, 0.717) is 0 Å². The highest BCUT2D eigenvalue weighted by atomic mass is 35.8. The summed E-state index contributed by atoms with van der Waals surface area (Å²) in [5, 5.41) is 0. The Hall–Kier alpha value is 1.38. The molecule has 33 heavy (non-hydrogen) atoms. The fourth-order valence-corrected chi connectivity index (χ4v) is 6.71. The molecule has 0 unspecified atom stereocenters. The van der Waals surface area contributed by atoms with E-state index in [4.69, 9.17) is 44.8 Å². The van der Waals surface area contributed by atoms with Crippen molar-refractivity contribution in [3.8, 4) is 0 Å². The lowest BCUT2D eigenvalue weighted by atomic mass is 10.0. The second-order valence-electron chi connectivity index (χ2n) is 10.2. The molecule has 0 saturated carbocycles. The first-order chi connectivity index (χ1) is 16.1. The van der Waals surface area contributed by atoms with Gasteiger partial charge in [0.05, 0.1) is 0 Å². The van der Waals surface area contributed by atoms with Gasteiger partial charge in [-0.05, 0) is 12.5 Å². The van der Waals surface area contributed by atoms with E-state index >= 15 is 0 Å². The van der Waals surface area contributed by atoms with Crippen LogP contribution >= 0.6 is 44.8 Å². The zero-order valence-corrected chi connectivity index (χ0v) is 25.8. The Bertz CT molecular complexity index is 360. The average molecular weight is 563 g/mol. The summed E-state index contributed by atoms with van der Waals surface area (Å²) in [7, 11) is 0. The van der Waals surface area contributed by atoms with Crippen LogP contribution in [0.3, 0.4) is 0 Å². The van der Waals surface area contributed by atoms with Gasteiger partial charge in [-0.2, -0.15) is 0 Å². The SMILES string of the molecule is ClCCCCCCCCCCCCCCCCCCCCCCCCCCCC[Si](Cl)(Cl)Cl. The van der Waals surface area contributed by atoms with Crippen LogP contribution in [0, 0.1) is 0 Å². The normalized spacial score (nSPS) is 12.0. The van der Waals surface area contributed by atoms with Crippen molar-refractivity contribution in [2.24, 2.45) is 0 Å². The topological polar surface area (TPSA) is 0 Å². The number of alkyl halides is 1. The molecule has 0 saturated heterocycles. The van der Waals surface area contributed by atoms with Crippen molar-refractivity contribution in [1.29, 1.82) is 0 Å². The van der Waals surface area contributed by atoms with Gasteiger partial charge in [0.15, 0.2) is 0 Å². The molecule has 0 atom stereocenters. The van der Waals surface area contributed by atoms with Gasteiger partial charge in [0.25, 0.3) is 0 Å². The van der Waals surface area contributed by atoms with Gasteiger partial charge in [0, 0.05) is 5.88 Å². The molecule has 0 fully saturated rings. The van der Waals surface area contributed by atoms with Gasteiger partial charge in [0.2, 0.25) is 0 Å². The smallest absolute Gasteiger partial charge is 0.127 e. The number of hydrogen-bond acceptors (Lipinski definition) is 0. The van der Waals surface area contributed by atoms with Crippen molar-refractivity contribution in [2.75, 3.05) is 5.88 Å². The number of halogens is 4. The zero-order valence-electron chi connectivity index (χ0n) is 21.8. The van der Waals surface area contributed by atoms with Crippen LogP contribution in [0.5, 0.6) is 0 Å². The fourth-order valence-electron chi connectivity index (χ4n) is 4.66. The van der Waals surface area contributed by atoms with Gasteiger partial charge < -0.3 is 0 Å². The van der Waals surface area contributed by atoms with Crippen LogP contribution in [0.2, 0.25) is 6.04 Å². The second-order valence-corrected chi connectivity index (χ2v) is 19.9. The molecule has 0 aliphatic rings. The molecule has 0 N–H and O–H groups in total. The third-order valence-electron chi connectivity index (χ3n) is 6.84. The molecule has 0 radical (unpaired) electrons. The Morgan fingerprint density at radius 1 is 0.273 bits per heavy atom. The van der Waals surface area contributed by atoms with Crippen LogP contribution in [-0.2, 0) is 0 Å². The molecule has 0 bridgehead atoms. The number of hydrogen-bond donors (Lipinski definition) is 0. The van der Waals surface area contributed by atoms with E-state index in [0.717, 1.165) is 18.3 Å². The maximum Gasteiger partial charge on any atom is 0.341 e. The highest BCUT2D eigenvalue weighted by Crippen LogP contribution is 2.27. The summed E-state index contributed by atoms with van der Waals surface area (Å²) in [6.07, 6.45) is 36.4. The van der Waals surface area contributed by atoms with E-state index in [-0.39, 0.29) is 0 Å². The molecular formula is C28H56Cl4Si. The predicted molar refractivity (Wildman–Crippen MR) is 159 cm³/mol. The molecular weight excluding hydrogens is 506 g/mol. The average Bonchev–Trinajstić information content (AvgIpc) is 2.78. The predicted octanol–water partition coefficient (Wildman–Crippen LogP) is 13.0. The van der Waals surface area contributed by atoms with Crippen molar-refractivity contribution in [1.82, 2.24) is 0 Å². The van der Waals surface area contributed by atoms with Crippen molar-refractivity contribution < 1.29 is 0 Å². The summed E-state index contributed by atoms with van der Waals surface area (Å²) in [5.74, 6) is 0.839. The molecule has 0 rings (SSSR count). The van der Waals surface area contributed by atoms with Crippen molar-refractivity contribution >= 4 is 50.8 Å². The lowest BCUT2D eigenvalue weighted by Crippen LogP contribution is -2.07. The van der Waals surface area contributed by atoms with E-state index < -0.39 is 6.00 Å². The maximum absolute atomic E-state index is 5.91. The molecule has 0 nitrogen and oxygen atoms in total. The van der Waals surface area contributed by atoms with E-state index in [1.807, 2.05) is 0 Å². The third-order valence-corrected chi connectivity index (χ3v) is 9.73. The maximum atomic E-state index is 5.91. The highest BCUT2D eigenvalue weighted by Gasteiger charge is 2.23. The van der Waals surface area contributed by atoms with Crippen molar-refractivity contribution in [3.63, 3.8) is 0 Å². The van der Waals surface area contributed by atoms with Crippen LogP contribution in [0.4, 0.5) is 0 Å². The number of unbranched alkanes of at least 4 members (excludes halogenated alkanes) is 25. The summed E-state index contributed by atoms with van der Waals surface area (Å²) >= 11 is 23.4. The Labute approximate surface area is 228 Å². The van der Waals surface area contributed by atoms with Crippen LogP contribution in [0.15, 0.2) is 0 Å². The third kappa shape index (κ3) is 33.4. The first-order valence-corrected chi connectivity index (χ1v) is 20.5. The van der Waals surface area contributed by atoms with Gasteiger partial charge in [-0.1, -0.05) is 161 Å². The summed E-state index contributed by atoms with van der Waals surface area (Å²) in [5.41, 5.74) is 0. The van der Waals surface area contributed by atoms with Crippen molar-refractivity contribution in [3.05, 3.63) is 0 Å². The minimum atomic E-state index is -2.36. The molecule has 200 valence electrons. The molecule has 0 aliphatic carbocycles. The van der Waals surface area contributed by atoms with Gasteiger partial charge in [-0.25, -0.2) is 0 Å². The summed E-state index contributed by atoms with van der Waals surface area (Å²) < 4.78 is 0. The Morgan fingerprint density at radius 2 is 0.455 bits per heavy atom. The molecule has 0 amide bonds. The van der Waals surface area contributed by atoms with Gasteiger partial charge in [0.1, 0.15) is 0 Å². The minimum absolute atomic E-state index is 0.828. The largest absolute Gasteiger partial charge is 0.341 e. The summed E-state index contributed by atoms with van der Waals surface area (Å²) in [6.45, 7) is 0. The summed E-state index contributed by atoms with van der Waals surface area (Å²) in [6, 6.07) is -1.54. The van der Waals surface area contributed by atoms with Crippen molar-refractivity contribution in [2.45, 2.75) is 173 Å². The van der Waals surface area contributed by atoms with Crippen LogP contribution < -0.4 is 0 Å². The van der Waals surface area contributed by atoms with Crippen LogP contribution in [-0.4, -0.2) is 11.9 Å². The van der Waals surface area contributed by atoms with Gasteiger partial charge >= 0.3 is 6.00 Å². The first-order valence-electron chi connectivity index (χ1n) is 14.7. The molecule has 0 aromatic rings. The number of rotatable bonds is 28. The Balaban J connectivity index is 3.03. The lowest BCUT2D eigenvalue weighted by Gasteiger charge is -2.07. The Kier molecular flexibility index (Phi) is 29.1. The van der Waals surface area contributed by atoms with E-state index in [1.165, 1.54) is 161 Å². The Morgan fingerprint density at radius 3 is 0.636 bits per heavy atom. The molecule has 0 heterocycles. The standard InChI is InChI=1S/C28H56Cl4Si/c29-27-25-23-21-19-17-15-13-11-9-7-5-3-1-2-4-6-8-10-12-14-16-18-20-22-24-26-28-33(30,31)32/h1-28H2. The molecule has 0 aromatic carbocycles. The molecule has 0 spiro atoms. The first kappa shape index (κ1) is 34.4. The van der Waals surface area contributed by atoms with E-state index in [1.54, 1.807) is 0 Å².